The van der Waals surface area contributed by atoms with Crippen LogP contribution < -0.4 is 4.90 Å². The van der Waals surface area contributed by atoms with E-state index in [0.29, 0.717) is 11.1 Å². The van der Waals surface area contributed by atoms with Crippen LogP contribution in [0.5, 0.6) is 0 Å². The minimum Gasteiger partial charge on any atom is -0.371 e. The zero-order valence-corrected chi connectivity index (χ0v) is 25.0. The van der Waals surface area contributed by atoms with Gasteiger partial charge in [0.05, 0.1) is 24.0 Å². The third-order valence-electron chi connectivity index (χ3n) is 6.40. The molecular formula is C30H47F2N3O3. The number of anilines is 1. The van der Waals surface area contributed by atoms with Gasteiger partial charge in [-0.1, -0.05) is 27.7 Å². The lowest BCUT2D eigenvalue weighted by atomic mass is 9.82. The molecule has 1 atom stereocenters. The average molecular weight is 536 g/mol. The van der Waals surface area contributed by atoms with Crippen LogP contribution in [0.25, 0.3) is 11.1 Å². The number of hydrogen-bond donors (Lipinski definition) is 0. The number of piperidine rings is 1. The Morgan fingerprint density at radius 1 is 1.05 bits per heavy atom. The van der Waals surface area contributed by atoms with Gasteiger partial charge in [-0.3, -0.25) is 4.98 Å². The van der Waals surface area contributed by atoms with Gasteiger partial charge in [0, 0.05) is 47.9 Å². The molecule has 8 heteroatoms. The van der Waals surface area contributed by atoms with Crippen LogP contribution in [0.15, 0.2) is 18.5 Å². The lowest BCUT2D eigenvalue weighted by Gasteiger charge is -2.41. The summed E-state index contributed by atoms with van der Waals surface area (Å²) in [5, 5.41) is 0. The van der Waals surface area contributed by atoms with E-state index in [9.17, 15) is 8.78 Å². The lowest BCUT2D eigenvalue weighted by molar-refractivity contribution is -0.136. The summed E-state index contributed by atoms with van der Waals surface area (Å²) in [6.45, 7) is 22.5. The number of aryl methyl sites for hydroxylation is 1. The summed E-state index contributed by atoms with van der Waals surface area (Å²) in [5.41, 5.74) is 3.55. The van der Waals surface area contributed by atoms with Gasteiger partial charge < -0.3 is 19.1 Å². The molecule has 3 rings (SSSR count). The Morgan fingerprint density at radius 3 is 2.24 bits per heavy atom. The van der Waals surface area contributed by atoms with Gasteiger partial charge >= 0.3 is 0 Å². The second-order valence-electron chi connectivity index (χ2n) is 11.6. The quantitative estimate of drug-likeness (QED) is 0.187. The van der Waals surface area contributed by atoms with Gasteiger partial charge in [0.2, 0.25) is 5.95 Å². The Balaban J connectivity index is 0.00000247. The second-order valence-corrected chi connectivity index (χ2v) is 11.6. The summed E-state index contributed by atoms with van der Waals surface area (Å²) >= 11 is 0. The van der Waals surface area contributed by atoms with Crippen LogP contribution in [-0.4, -0.2) is 48.2 Å². The fraction of sp³-hybridized carbons (Fsp3) is 0.667. The Kier molecular flexibility index (Phi) is 11.6. The highest BCUT2D eigenvalue weighted by molar-refractivity contribution is 5.81. The first kappa shape index (κ1) is 32.1. The Morgan fingerprint density at radius 2 is 1.68 bits per heavy atom. The van der Waals surface area contributed by atoms with E-state index in [4.69, 9.17) is 14.2 Å². The predicted molar refractivity (Wildman–Crippen MR) is 149 cm³/mol. The van der Waals surface area contributed by atoms with E-state index in [1.54, 1.807) is 6.20 Å². The second kappa shape index (κ2) is 13.8. The van der Waals surface area contributed by atoms with Crippen LogP contribution in [0.1, 0.15) is 92.5 Å². The molecule has 38 heavy (non-hydrogen) atoms. The highest BCUT2D eigenvalue weighted by atomic mass is 19.2. The van der Waals surface area contributed by atoms with Crippen molar-refractivity contribution in [2.24, 2.45) is 5.41 Å². The van der Waals surface area contributed by atoms with Gasteiger partial charge in [0.15, 0.2) is 5.82 Å². The van der Waals surface area contributed by atoms with E-state index >= 15 is 0 Å². The smallest absolute Gasteiger partial charge is 0.248 e. The Labute approximate surface area is 228 Å². The molecule has 1 saturated heterocycles. The van der Waals surface area contributed by atoms with Gasteiger partial charge in [-0.05, 0) is 65.9 Å². The molecule has 2 aromatic heterocycles. The lowest BCUT2D eigenvalue weighted by Crippen LogP contribution is -2.39. The van der Waals surface area contributed by atoms with Crippen LogP contribution in [-0.2, 0) is 14.2 Å². The average Bonchev–Trinajstić information content (AvgIpc) is 2.83. The van der Waals surface area contributed by atoms with E-state index in [0.717, 1.165) is 42.9 Å². The number of hydrogen-bond acceptors (Lipinski definition) is 6. The Hall–Kier alpha value is -2.16. The summed E-state index contributed by atoms with van der Waals surface area (Å²) in [6, 6.07) is 1.18. The molecule has 0 aliphatic carbocycles. The molecule has 0 unspecified atom stereocenters. The van der Waals surface area contributed by atoms with Crippen molar-refractivity contribution < 1.29 is 23.0 Å². The highest BCUT2D eigenvalue weighted by Gasteiger charge is 2.33. The maximum absolute atomic E-state index is 14.2. The molecular weight excluding hydrogens is 488 g/mol. The molecule has 0 radical (unpaired) electrons. The van der Waals surface area contributed by atoms with E-state index < -0.39 is 23.5 Å². The van der Waals surface area contributed by atoms with Crippen molar-refractivity contribution in [2.75, 3.05) is 31.4 Å². The maximum Gasteiger partial charge on any atom is 0.248 e. The van der Waals surface area contributed by atoms with Gasteiger partial charge in [0.1, 0.15) is 12.9 Å². The molecule has 1 aliphatic heterocycles. The molecule has 0 aromatic carbocycles. The van der Waals surface area contributed by atoms with Crippen molar-refractivity contribution in [1.29, 1.82) is 0 Å². The predicted octanol–water partition coefficient (Wildman–Crippen LogP) is 7.64. The molecule has 1 fully saturated rings. The highest BCUT2D eigenvalue weighted by Crippen LogP contribution is 2.43. The topological polar surface area (TPSA) is 56.7 Å². The summed E-state index contributed by atoms with van der Waals surface area (Å²) in [6.07, 6.45) is 4.69. The van der Waals surface area contributed by atoms with E-state index in [1.165, 1.54) is 12.3 Å². The van der Waals surface area contributed by atoms with Crippen LogP contribution >= 0.6 is 0 Å². The molecule has 214 valence electrons. The number of halogens is 2. The fourth-order valence-electron chi connectivity index (χ4n) is 4.39. The molecule has 0 saturated carbocycles. The normalized spacial score (nSPS) is 16.3. The molecule has 0 bridgehead atoms. The van der Waals surface area contributed by atoms with Crippen molar-refractivity contribution in [3.8, 4) is 11.1 Å². The van der Waals surface area contributed by atoms with E-state index in [1.807, 2.05) is 55.4 Å². The number of rotatable bonds is 9. The molecule has 2 aromatic rings. The monoisotopic (exact) mass is 535 g/mol. The van der Waals surface area contributed by atoms with Crippen LogP contribution in [0.4, 0.5) is 14.5 Å². The molecule has 6 nitrogen and oxygen atoms in total. The number of nitrogens with zero attached hydrogens (tertiary/aromatic N) is 3. The van der Waals surface area contributed by atoms with Crippen LogP contribution in [0, 0.1) is 24.1 Å². The van der Waals surface area contributed by atoms with E-state index in [-0.39, 0.29) is 24.9 Å². The minimum atomic E-state index is -1.12. The number of pyridine rings is 2. The standard InChI is InChI=1S/C28H41F2N3O3.C2H6/c1-18(2)35-17-34-16-23(36-27(4,5)6)24-19(3)31-15-21(20-13-22(29)26(30)32-14-20)25(24)33-11-9-28(7,8)10-12-33;1-2/h13-15,18,23H,9-12,16-17H2,1-8H3;1-2H3/t23-;/m1./s1. The zero-order chi connectivity index (χ0) is 28.7. The van der Waals surface area contributed by atoms with Crippen molar-refractivity contribution in [3.05, 3.63) is 41.5 Å². The minimum absolute atomic E-state index is 0.0480. The van der Waals surface area contributed by atoms with Gasteiger partial charge in [-0.25, -0.2) is 9.37 Å². The molecule has 0 spiro atoms. The molecule has 0 amide bonds. The van der Waals surface area contributed by atoms with Crippen LogP contribution in [0.3, 0.4) is 0 Å². The summed E-state index contributed by atoms with van der Waals surface area (Å²) < 4.78 is 45.9. The zero-order valence-electron chi connectivity index (χ0n) is 25.0. The Bertz CT molecular complexity index is 1030. The van der Waals surface area contributed by atoms with E-state index in [2.05, 4.69) is 28.7 Å². The first-order valence-electron chi connectivity index (χ1n) is 13.7. The summed E-state index contributed by atoms with van der Waals surface area (Å²) in [5.74, 6) is -2.11. The van der Waals surface area contributed by atoms with Crippen molar-refractivity contribution in [1.82, 2.24) is 9.97 Å². The van der Waals surface area contributed by atoms with Crippen molar-refractivity contribution >= 4 is 5.69 Å². The third kappa shape index (κ3) is 8.95. The summed E-state index contributed by atoms with van der Waals surface area (Å²) in [4.78, 5) is 10.6. The van der Waals surface area contributed by atoms with Gasteiger partial charge in [-0.15, -0.1) is 0 Å². The van der Waals surface area contributed by atoms with Crippen molar-refractivity contribution in [3.63, 3.8) is 0 Å². The molecule has 0 N–H and O–H groups in total. The molecule has 3 heterocycles. The third-order valence-corrected chi connectivity index (χ3v) is 6.40. The van der Waals surface area contributed by atoms with Gasteiger partial charge in [0.25, 0.3) is 0 Å². The number of ether oxygens (including phenoxy) is 3. The summed E-state index contributed by atoms with van der Waals surface area (Å²) in [7, 11) is 0. The van der Waals surface area contributed by atoms with Gasteiger partial charge in [-0.2, -0.15) is 4.39 Å². The number of aromatic nitrogens is 2. The SMILES string of the molecule is CC.Cc1ncc(-c2cnc(F)c(F)c2)c(N2CCC(C)(C)CC2)c1[C@@H](COCOC(C)C)OC(C)(C)C. The first-order valence-corrected chi connectivity index (χ1v) is 13.7. The molecule has 1 aliphatic rings. The maximum atomic E-state index is 14.2. The first-order chi connectivity index (χ1) is 17.8. The van der Waals surface area contributed by atoms with Crippen LogP contribution in [0.2, 0.25) is 0 Å². The largest absolute Gasteiger partial charge is 0.371 e. The van der Waals surface area contributed by atoms with Crippen molar-refractivity contribution in [2.45, 2.75) is 99.9 Å². The fourth-order valence-corrected chi connectivity index (χ4v) is 4.39.